The first kappa shape index (κ1) is 14.7. The van der Waals surface area contributed by atoms with Crippen LogP contribution in [0, 0.1) is 0 Å². The van der Waals surface area contributed by atoms with E-state index >= 15 is 0 Å². The van der Waals surface area contributed by atoms with Crippen molar-refractivity contribution < 1.29 is 14.3 Å². The van der Waals surface area contributed by atoms with E-state index in [1.165, 1.54) is 0 Å². The predicted octanol–water partition coefficient (Wildman–Crippen LogP) is 2.71. The smallest absolute Gasteiger partial charge is 0.238 e. The molecule has 0 N–H and O–H groups in total. The van der Waals surface area contributed by atoms with Gasteiger partial charge in [0.2, 0.25) is 11.8 Å². The van der Waals surface area contributed by atoms with Crippen molar-refractivity contribution in [2.75, 3.05) is 25.2 Å². The lowest BCUT2D eigenvalue weighted by Crippen LogP contribution is -2.39. The van der Waals surface area contributed by atoms with Gasteiger partial charge in [-0.2, -0.15) is 0 Å². The van der Waals surface area contributed by atoms with Gasteiger partial charge < -0.3 is 14.4 Å². The molecule has 0 saturated heterocycles. The minimum Gasteiger partial charge on any atom is -0.496 e. The van der Waals surface area contributed by atoms with Gasteiger partial charge in [-0.1, -0.05) is 17.7 Å². The number of nitrogens with zero attached hydrogens (tertiary/aromatic N) is 2. The number of aromatic nitrogens is 1. The number of benzene rings is 1. The molecule has 0 spiro atoms. The summed E-state index contributed by atoms with van der Waals surface area (Å²) in [6, 6.07) is 8.95. The Morgan fingerprint density at radius 1 is 1.41 bits per heavy atom. The number of carbonyl (C=O) groups is 1. The molecule has 0 bridgehead atoms. The summed E-state index contributed by atoms with van der Waals surface area (Å²) in [6.07, 6.45) is 1.81. The van der Waals surface area contributed by atoms with Crippen molar-refractivity contribution in [1.29, 1.82) is 0 Å². The summed E-state index contributed by atoms with van der Waals surface area (Å²) in [5, 5.41) is 0.521. The van der Waals surface area contributed by atoms with Crippen LogP contribution in [0.3, 0.4) is 0 Å². The van der Waals surface area contributed by atoms with Crippen LogP contribution in [0.2, 0.25) is 5.02 Å². The van der Waals surface area contributed by atoms with Crippen LogP contribution in [0.25, 0.3) is 0 Å². The highest BCUT2D eigenvalue weighted by Crippen LogP contribution is 2.31. The zero-order valence-electron chi connectivity index (χ0n) is 12.1. The van der Waals surface area contributed by atoms with Crippen LogP contribution < -0.4 is 14.4 Å². The topological polar surface area (TPSA) is 51.7 Å². The Kier molecular flexibility index (Phi) is 4.15. The Morgan fingerprint density at radius 3 is 3.09 bits per heavy atom. The van der Waals surface area contributed by atoms with E-state index < -0.39 is 0 Å². The molecule has 2 heterocycles. The highest BCUT2D eigenvalue weighted by atomic mass is 35.5. The minimum absolute atomic E-state index is 0.0658. The third kappa shape index (κ3) is 2.72. The molecule has 1 amide bonds. The van der Waals surface area contributed by atoms with Crippen LogP contribution in [0.5, 0.6) is 11.6 Å². The molecule has 0 radical (unpaired) electrons. The summed E-state index contributed by atoms with van der Waals surface area (Å²) in [7, 11) is 1.56. The molecule has 1 aromatic heterocycles. The molecule has 3 rings (SSSR count). The first-order chi connectivity index (χ1) is 10.7. The second-order valence-corrected chi connectivity index (χ2v) is 5.23. The van der Waals surface area contributed by atoms with Gasteiger partial charge in [0.15, 0.2) is 0 Å². The molecule has 1 aliphatic heterocycles. The number of carbonyl (C=O) groups excluding carboxylic acids is 1. The second-order valence-electron chi connectivity index (χ2n) is 4.82. The average Bonchev–Trinajstić information content (AvgIpc) is 2.56. The largest absolute Gasteiger partial charge is 0.496 e. The first-order valence-electron chi connectivity index (χ1n) is 6.90. The molecule has 0 unspecified atom stereocenters. The minimum atomic E-state index is -0.0658. The van der Waals surface area contributed by atoms with Gasteiger partial charge in [-0.3, -0.25) is 4.79 Å². The number of rotatable bonds is 3. The van der Waals surface area contributed by atoms with Gasteiger partial charge in [0.05, 0.1) is 20.1 Å². The van der Waals surface area contributed by atoms with Crippen LogP contribution in [-0.2, 0) is 11.2 Å². The van der Waals surface area contributed by atoms with Crippen LogP contribution >= 0.6 is 11.6 Å². The van der Waals surface area contributed by atoms with Gasteiger partial charge in [0.1, 0.15) is 18.0 Å². The molecule has 5 nitrogen and oxygen atoms in total. The number of anilines is 1. The first-order valence-corrected chi connectivity index (χ1v) is 7.28. The fourth-order valence-electron chi connectivity index (χ4n) is 2.46. The number of hydrogen-bond acceptors (Lipinski definition) is 4. The maximum atomic E-state index is 12.7. The Bertz CT molecular complexity index is 706. The molecule has 114 valence electrons. The van der Waals surface area contributed by atoms with Crippen molar-refractivity contribution >= 4 is 23.2 Å². The molecule has 22 heavy (non-hydrogen) atoms. The number of methoxy groups -OCH3 is 1. The SMILES string of the molecule is COc1cccc(Cl)c1CC(=O)N1CCOc2ncccc21. The van der Waals surface area contributed by atoms with Crippen molar-refractivity contribution in [2.24, 2.45) is 0 Å². The van der Waals surface area contributed by atoms with E-state index in [1.54, 1.807) is 42.5 Å². The number of amides is 1. The fourth-order valence-corrected chi connectivity index (χ4v) is 2.69. The molecular formula is C16H15ClN2O3. The normalized spacial score (nSPS) is 13.3. The third-order valence-corrected chi connectivity index (χ3v) is 3.87. The highest BCUT2D eigenvalue weighted by Gasteiger charge is 2.25. The summed E-state index contributed by atoms with van der Waals surface area (Å²) in [5.74, 6) is 1.03. The molecule has 0 atom stereocenters. The summed E-state index contributed by atoms with van der Waals surface area (Å²) < 4.78 is 10.8. The van der Waals surface area contributed by atoms with Gasteiger partial charge in [-0.05, 0) is 24.3 Å². The lowest BCUT2D eigenvalue weighted by Gasteiger charge is -2.28. The lowest BCUT2D eigenvalue weighted by atomic mass is 10.1. The molecule has 2 aromatic rings. The number of halogens is 1. The summed E-state index contributed by atoms with van der Waals surface area (Å²) in [4.78, 5) is 18.5. The van der Waals surface area contributed by atoms with Crippen molar-refractivity contribution in [1.82, 2.24) is 4.98 Å². The van der Waals surface area contributed by atoms with E-state index in [-0.39, 0.29) is 12.3 Å². The quantitative estimate of drug-likeness (QED) is 0.873. The number of hydrogen-bond donors (Lipinski definition) is 0. The molecular weight excluding hydrogens is 304 g/mol. The van der Waals surface area contributed by atoms with E-state index in [2.05, 4.69) is 4.98 Å². The molecule has 0 aliphatic carbocycles. The van der Waals surface area contributed by atoms with Crippen LogP contribution in [-0.4, -0.2) is 31.2 Å². The average molecular weight is 319 g/mol. The van der Waals surface area contributed by atoms with Crippen LogP contribution in [0.4, 0.5) is 5.69 Å². The van der Waals surface area contributed by atoms with Gasteiger partial charge >= 0.3 is 0 Å². The van der Waals surface area contributed by atoms with E-state index in [0.717, 1.165) is 0 Å². The Morgan fingerprint density at radius 2 is 2.27 bits per heavy atom. The van der Waals surface area contributed by atoms with E-state index in [1.807, 2.05) is 6.07 Å². The zero-order valence-corrected chi connectivity index (χ0v) is 12.8. The summed E-state index contributed by atoms with van der Waals surface area (Å²) >= 11 is 6.20. The summed E-state index contributed by atoms with van der Waals surface area (Å²) in [6.45, 7) is 0.916. The standard InChI is InChI=1S/C16H15ClN2O3/c1-21-14-6-2-4-12(17)11(14)10-15(20)19-8-9-22-16-13(19)5-3-7-18-16/h2-7H,8-10H2,1H3. The Hall–Kier alpha value is -2.27. The van der Waals surface area contributed by atoms with Gasteiger partial charge in [-0.25, -0.2) is 4.98 Å². The number of pyridine rings is 1. The Labute approximate surface area is 133 Å². The molecule has 1 aromatic carbocycles. The van der Waals surface area contributed by atoms with Crippen LogP contribution in [0.1, 0.15) is 5.56 Å². The van der Waals surface area contributed by atoms with Crippen molar-refractivity contribution in [3.8, 4) is 11.6 Å². The van der Waals surface area contributed by atoms with Gasteiger partial charge in [-0.15, -0.1) is 0 Å². The maximum absolute atomic E-state index is 12.7. The molecule has 6 heteroatoms. The highest BCUT2D eigenvalue weighted by molar-refractivity contribution is 6.31. The third-order valence-electron chi connectivity index (χ3n) is 3.52. The molecule has 1 aliphatic rings. The fraction of sp³-hybridized carbons (Fsp3) is 0.250. The van der Waals surface area contributed by atoms with Gasteiger partial charge in [0, 0.05) is 16.8 Å². The lowest BCUT2D eigenvalue weighted by molar-refractivity contribution is -0.118. The zero-order chi connectivity index (χ0) is 15.5. The van der Waals surface area contributed by atoms with Crippen molar-refractivity contribution in [3.63, 3.8) is 0 Å². The van der Waals surface area contributed by atoms with Crippen LogP contribution in [0.15, 0.2) is 36.5 Å². The monoisotopic (exact) mass is 318 g/mol. The van der Waals surface area contributed by atoms with Crippen molar-refractivity contribution in [2.45, 2.75) is 6.42 Å². The summed E-state index contributed by atoms with van der Waals surface area (Å²) in [5.41, 5.74) is 1.37. The second kappa shape index (κ2) is 6.23. The number of ether oxygens (including phenoxy) is 2. The molecule has 0 saturated carbocycles. The Balaban J connectivity index is 1.88. The molecule has 0 fully saturated rings. The van der Waals surface area contributed by atoms with E-state index in [4.69, 9.17) is 21.1 Å². The van der Waals surface area contributed by atoms with E-state index in [9.17, 15) is 4.79 Å². The van der Waals surface area contributed by atoms with E-state index in [0.29, 0.717) is 41.1 Å². The predicted molar refractivity (Wildman–Crippen MR) is 83.8 cm³/mol. The number of fused-ring (bicyclic) bond motifs is 1. The maximum Gasteiger partial charge on any atom is 0.238 e. The van der Waals surface area contributed by atoms with Gasteiger partial charge in [0.25, 0.3) is 0 Å². The van der Waals surface area contributed by atoms with Crippen molar-refractivity contribution in [3.05, 3.63) is 47.1 Å².